The third-order valence-electron chi connectivity index (χ3n) is 4.12. The van der Waals surface area contributed by atoms with E-state index in [1.807, 2.05) is 11.0 Å². The van der Waals surface area contributed by atoms with Crippen molar-refractivity contribution in [2.75, 3.05) is 24.5 Å². The Morgan fingerprint density at radius 1 is 1.27 bits per heavy atom. The molecule has 22 heavy (non-hydrogen) atoms. The van der Waals surface area contributed by atoms with Crippen molar-refractivity contribution < 1.29 is 9.59 Å². The van der Waals surface area contributed by atoms with Crippen LogP contribution in [0.2, 0.25) is 0 Å². The van der Waals surface area contributed by atoms with Crippen molar-refractivity contribution in [1.29, 1.82) is 5.26 Å². The first-order valence-corrected chi connectivity index (χ1v) is 7.57. The summed E-state index contributed by atoms with van der Waals surface area (Å²) < 4.78 is 0. The highest BCUT2D eigenvalue weighted by Crippen LogP contribution is 2.18. The molecule has 1 aliphatic rings. The average Bonchev–Trinajstić information content (AvgIpc) is 2.53. The Morgan fingerprint density at radius 3 is 2.36 bits per heavy atom. The van der Waals surface area contributed by atoms with Gasteiger partial charge in [-0.05, 0) is 43.0 Å². The van der Waals surface area contributed by atoms with Crippen LogP contribution in [0.4, 0.5) is 5.69 Å². The number of hydrogen-bond donors (Lipinski definition) is 0. The molecule has 1 aromatic carbocycles. The molecule has 0 N–H and O–H groups in total. The smallest absolute Gasteiger partial charge is 0.242 e. The van der Waals surface area contributed by atoms with Crippen molar-refractivity contribution in [3.8, 4) is 6.07 Å². The van der Waals surface area contributed by atoms with Crippen LogP contribution in [0.1, 0.15) is 32.3 Å². The zero-order valence-corrected chi connectivity index (χ0v) is 13.1. The van der Waals surface area contributed by atoms with Gasteiger partial charge in [-0.2, -0.15) is 5.26 Å². The number of likely N-dealkylation sites (tertiary alicyclic amines) is 1. The van der Waals surface area contributed by atoms with Gasteiger partial charge in [0, 0.05) is 25.7 Å². The number of anilines is 1. The molecule has 5 heteroatoms. The molecule has 0 aliphatic carbocycles. The molecule has 2 rings (SSSR count). The Balaban J connectivity index is 2.06. The lowest BCUT2D eigenvalue weighted by atomic mass is 9.99. The van der Waals surface area contributed by atoms with E-state index in [9.17, 15) is 9.59 Å². The summed E-state index contributed by atoms with van der Waals surface area (Å²) in [6.07, 6.45) is 2.03. The lowest BCUT2D eigenvalue weighted by Crippen LogP contribution is -2.45. The summed E-state index contributed by atoms with van der Waals surface area (Å²) in [5, 5.41) is 8.82. The molecule has 2 amide bonds. The SMILES string of the molecule is CC(=O)N(CC(=O)N1CCC(C)CC1)c1ccc(C#N)cc1. The number of hydrogen-bond acceptors (Lipinski definition) is 3. The fraction of sp³-hybridized carbons (Fsp3) is 0.471. The molecule has 5 nitrogen and oxygen atoms in total. The molecule has 0 saturated carbocycles. The second-order valence-corrected chi connectivity index (χ2v) is 5.83. The van der Waals surface area contributed by atoms with Gasteiger partial charge in [-0.25, -0.2) is 0 Å². The zero-order valence-electron chi connectivity index (χ0n) is 13.1. The van der Waals surface area contributed by atoms with E-state index in [-0.39, 0.29) is 18.4 Å². The molecule has 1 saturated heterocycles. The number of carbonyl (C=O) groups is 2. The molecule has 1 aromatic rings. The van der Waals surface area contributed by atoms with Gasteiger partial charge in [0.15, 0.2) is 0 Å². The summed E-state index contributed by atoms with van der Waals surface area (Å²) in [7, 11) is 0. The normalized spacial score (nSPS) is 15.2. The summed E-state index contributed by atoms with van der Waals surface area (Å²) in [4.78, 5) is 27.5. The van der Waals surface area contributed by atoms with Crippen molar-refractivity contribution in [1.82, 2.24) is 4.90 Å². The molecule has 0 spiro atoms. The summed E-state index contributed by atoms with van der Waals surface area (Å²) in [5.74, 6) is 0.460. The average molecular weight is 299 g/mol. The molecule has 1 aliphatic heterocycles. The number of nitrogens with zero attached hydrogens (tertiary/aromatic N) is 3. The second kappa shape index (κ2) is 7.08. The minimum Gasteiger partial charge on any atom is -0.341 e. The van der Waals surface area contributed by atoms with Gasteiger partial charge in [-0.3, -0.25) is 9.59 Å². The van der Waals surface area contributed by atoms with Gasteiger partial charge in [-0.15, -0.1) is 0 Å². The van der Waals surface area contributed by atoms with Crippen LogP contribution in [0.3, 0.4) is 0 Å². The standard InChI is InChI=1S/C17H21N3O2/c1-13-7-9-19(10-8-13)17(22)12-20(14(2)21)16-5-3-15(11-18)4-6-16/h3-6,13H,7-10,12H2,1-2H3. The van der Waals surface area contributed by atoms with Crippen LogP contribution in [0.15, 0.2) is 24.3 Å². The van der Waals surface area contributed by atoms with E-state index in [0.717, 1.165) is 25.9 Å². The Hall–Kier alpha value is -2.35. The predicted molar refractivity (Wildman–Crippen MR) is 84.2 cm³/mol. The molecule has 1 fully saturated rings. The van der Waals surface area contributed by atoms with Gasteiger partial charge in [0.1, 0.15) is 6.54 Å². The van der Waals surface area contributed by atoms with E-state index in [1.54, 1.807) is 24.3 Å². The highest BCUT2D eigenvalue weighted by molar-refractivity contribution is 5.97. The van der Waals surface area contributed by atoms with E-state index in [1.165, 1.54) is 11.8 Å². The summed E-state index contributed by atoms with van der Waals surface area (Å²) in [6, 6.07) is 8.74. The molecule has 0 radical (unpaired) electrons. The minimum absolute atomic E-state index is 0.0218. The van der Waals surface area contributed by atoms with Gasteiger partial charge in [0.25, 0.3) is 0 Å². The van der Waals surface area contributed by atoms with Crippen LogP contribution >= 0.6 is 0 Å². The van der Waals surface area contributed by atoms with Crippen molar-refractivity contribution in [2.45, 2.75) is 26.7 Å². The monoisotopic (exact) mass is 299 g/mol. The first-order chi connectivity index (χ1) is 10.5. The summed E-state index contributed by atoms with van der Waals surface area (Å²) in [6.45, 7) is 5.22. The fourth-order valence-corrected chi connectivity index (χ4v) is 2.59. The molecule has 0 atom stereocenters. The number of amides is 2. The molecular formula is C17H21N3O2. The molecular weight excluding hydrogens is 278 g/mol. The van der Waals surface area contributed by atoms with Gasteiger partial charge in [0.2, 0.25) is 11.8 Å². The maximum absolute atomic E-state index is 12.4. The van der Waals surface area contributed by atoms with Crippen molar-refractivity contribution in [2.24, 2.45) is 5.92 Å². The van der Waals surface area contributed by atoms with Gasteiger partial charge < -0.3 is 9.80 Å². The summed E-state index contributed by atoms with van der Waals surface area (Å²) in [5.41, 5.74) is 1.17. The maximum Gasteiger partial charge on any atom is 0.242 e. The Labute approximate surface area is 131 Å². The lowest BCUT2D eigenvalue weighted by molar-refractivity contribution is -0.132. The van der Waals surface area contributed by atoms with Gasteiger partial charge >= 0.3 is 0 Å². The summed E-state index contributed by atoms with van der Waals surface area (Å²) >= 11 is 0. The third kappa shape index (κ3) is 3.85. The number of carbonyl (C=O) groups excluding carboxylic acids is 2. The Bertz CT molecular complexity index is 581. The highest BCUT2D eigenvalue weighted by atomic mass is 16.2. The number of rotatable bonds is 3. The Kier molecular flexibility index (Phi) is 5.16. The maximum atomic E-state index is 12.4. The van der Waals surface area contributed by atoms with Crippen LogP contribution in [-0.4, -0.2) is 36.3 Å². The van der Waals surface area contributed by atoms with Crippen molar-refractivity contribution >= 4 is 17.5 Å². The van der Waals surface area contributed by atoms with E-state index in [0.29, 0.717) is 17.2 Å². The lowest BCUT2D eigenvalue weighted by Gasteiger charge is -2.32. The molecule has 0 unspecified atom stereocenters. The van der Waals surface area contributed by atoms with Crippen molar-refractivity contribution in [3.05, 3.63) is 29.8 Å². The van der Waals surface area contributed by atoms with Gasteiger partial charge in [-0.1, -0.05) is 6.92 Å². The number of nitriles is 1. The number of benzene rings is 1. The van der Waals surface area contributed by atoms with E-state index >= 15 is 0 Å². The van der Waals surface area contributed by atoms with Crippen LogP contribution in [0.25, 0.3) is 0 Å². The van der Waals surface area contributed by atoms with Crippen LogP contribution in [0, 0.1) is 17.2 Å². The van der Waals surface area contributed by atoms with Crippen molar-refractivity contribution in [3.63, 3.8) is 0 Å². The second-order valence-electron chi connectivity index (χ2n) is 5.83. The zero-order chi connectivity index (χ0) is 16.1. The number of piperidine rings is 1. The quantitative estimate of drug-likeness (QED) is 0.859. The fourth-order valence-electron chi connectivity index (χ4n) is 2.59. The van der Waals surface area contributed by atoms with Crippen LogP contribution in [0.5, 0.6) is 0 Å². The molecule has 0 aromatic heterocycles. The Morgan fingerprint density at radius 2 is 1.86 bits per heavy atom. The molecule has 1 heterocycles. The first kappa shape index (κ1) is 16.0. The topological polar surface area (TPSA) is 64.4 Å². The van der Waals surface area contributed by atoms with Crippen LogP contribution < -0.4 is 4.90 Å². The molecule has 116 valence electrons. The van der Waals surface area contributed by atoms with E-state index in [2.05, 4.69) is 6.92 Å². The first-order valence-electron chi connectivity index (χ1n) is 7.57. The predicted octanol–water partition coefficient (Wildman–Crippen LogP) is 2.17. The van der Waals surface area contributed by atoms with Crippen LogP contribution in [-0.2, 0) is 9.59 Å². The molecule has 0 bridgehead atoms. The largest absolute Gasteiger partial charge is 0.341 e. The highest BCUT2D eigenvalue weighted by Gasteiger charge is 2.23. The van der Waals surface area contributed by atoms with E-state index in [4.69, 9.17) is 5.26 Å². The van der Waals surface area contributed by atoms with E-state index < -0.39 is 0 Å². The minimum atomic E-state index is -0.177. The van der Waals surface area contributed by atoms with Gasteiger partial charge in [0.05, 0.1) is 11.6 Å². The third-order valence-corrected chi connectivity index (χ3v) is 4.12.